The highest BCUT2D eigenvalue weighted by Gasteiger charge is 2.29. The average Bonchev–Trinajstić information content (AvgIpc) is 2.55. The summed E-state index contributed by atoms with van der Waals surface area (Å²) in [5, 5.41) is 3.71. The molecule has 126 valence electrons. The average molecular weight is 418 g/mol. The van der Waals surface area contributed by atoms with E-state index in [1.807, 2.05) is 11.8 Å². The summed E-state index contributed by atoms with van der Waals surface area (Å²) < 4.78 is 27.9. The summed E-state index contributed by atoms with van der Waals surface area (Å²) in [6, 6.07) is 5.10. The lowest BCUT2D eigenvalue weighted by Gasteiger charge is -2.35. The van der Waals surface area contributed by atoms with Crippen LogP contribution in [0.4, 0.5) is 0 Å². The van der Waals surface area contributed by atoms with Gasteiger partial charge in [0.05, 0.1) is 4.90 Å². The van der Waals surface area contributed by atoms with Gasteiger partial charge in [-0.15, -0.1) is 6.58 Å². The highest BCUT2D eigenvalue weighted by atomic mass is 79.9. The lowest BCUT2D eigenvalue weighted by Crippen LogP contribution is -2.53. The van der Waals surface area contributed by atoms with Gasteiger partial charge in [-0.2, -0.15) is 4.31 Å². The predicted octanol–water partition coefficient (Wildman–Crippen LogP) is 2.12. The van der Waals surface area contributed by atoms with Crippen molar-refractivity contribution in [1.82, 2.24) is 14.5 Å². The molecule has 1 heterocycles. The van der Waals surface area contributed by atoms with Gasteiger partial charge < -0.3 is 10.2 Å². The third kappa shape index (κ3) is 4.32. The van der Waals surface area contributed by atoms with Crippen LogP contribution in [0.1, 0.15) is 5.56 Å². The molecule has 2 rings (SSSR count). The molecule has 1 N–H and O–H groups in total. The number of halogens is 1. The molecular formula is C15H20BrN3O2S2. The molecule has 0 radical (unpaired) electrons. The minimum absolute atomic E-state index is 0.332. The van der Waals surface area contributed by atoms with Gasteiger partial charge in [0.25, 0.3) is 0 Å². The van der Waals surface area contributed by atoms with Crippen molar-refractivity contribution in [2.45, 2.75) is 11.8 Å². The van der Waals surface area contributed by atoms with Crippen LogP contribution in [0.5, 0.6) is 0 Å². The topological polar surface area (TPSA) is 52.6 Å². The van der Waals surface area contributed by atoms with Gasteiger partial charge >= 0.3 is 0 Å². The first-order valence-electron chi connectivity index (χ1n) is 7.26. The zero-order chi connectivity index (χ0) is 17.0. The van der Waals surface area contributed by atoms with E-state index < -0.39 is 10.0 Å². The maximum atomic E-state index is 12.7. The smallest absolute Gasteiger partial charge is 0.243 e. The summed E-state index contributed by atoms with van der Waals surface area (Å²) >= 11 is 8.68. The molecule has 0 bridgehead atoms. The third-order valence-electron chi connectivity index (χ3n) is 3.69. The SMILES string of the molecule is C=CCNC(=S)N1CCN(S(=O)(=O)c2ccc(Br)c(C)c2)CC1. The highest BCUT2D eigenvalue weighted by molar-refractivity contribution is 9.10. The number of aryl methyl sites for hydroxylation is 1. The molecule has 8 heteroatoms. The fourth-order valence-electron chi connectivity index (χ4n) is 2.33. The fourth-order valence-corrected chi connectivity index (χ4v) is 4.35. The van der Waals surface area contributed by atoms with Crippen LogP contribution < -0.4 is 5.32 Å². The quantitative estimate of drug-likeness (QED) is 0.600. The Bertz CT molecular complexity index is 699. The van der Waals surface area contributed by atoms with Gasteiger partial charge in [0, 0.05) is 37.2 Å². The summed E-state index contributed by atoms with van der Waals surface area (Å²) in [6.45, 7) is 8.13. The minimum atomic E-state index is -3.46. The lowest BCUT2D eigenvalue weighted by molar-refractivity contribution is 0.264. The number of nitrogens with one attached hydrogen (secondary N) is 1. The first-order chi connectivity index (χ1) is 10.9. The summed E-state index contributed by atoms with van der Waals surface area (Å²) in [7, 11) is -3.46. The van der Waals surface area contributed by atoms with Crippen LogP contribution in [0.15, 0.2) is 40.2 Å². The van der Waals surface area contributed by atoms with Crippen LogP contribution >= 0.6 is 28.1 Å². The zero-order valence-electron chi connectivity index (χ0n) is 13.0. The van der Waals surface area contributed by atoms with E-state index in [1.54, 1.807) is 24.3 Å². The van der Waals surface area contributed by atoms with Gasteiger partial charge in [0.1, 0.15) is 0 Å². The number of sulfonamides is 1. The molecule has 0 spiro atoms. The summed E-state index contributed by atoms with van der Waals surface area (Å²) in [5.74, 6) is 0. The fraction of sp³-hybridized carbons (Fsp3) is 0.400. The van der Waals surface area contributed by atoms with Crippen molar-refractivity contribution in [3.63, 3.8) is 0 Å². The lowest BCUT2D eigenvalue weighted by atomic mass is 10.2. The van der Waals surface area contributed by atoms with E-state index >= 15 is 0 Å². The van der Waals surface area contributed by atoms with E-state index in [-0.39, 0.29) is 0 Å². The molecule has 1 aromatic rings. The van der Waals surface area contributed by atoms with Gasteiger partial charge in [-0.1, -0.05) is 22.0 Å². The van der Waals surface area contributed by atoms with Crippen LogP contribution in [0, 0.1) is 6.92 Å². The van der Waals surface area contributed by atoms with Gasteiger partial charge in [-0.05, 0) is 42.9 Å². The van der Waals surface area contributed by atoms with E-state index in [0.29, 0.717) is 42.7 Å². The minimum Gasteiger partial charge on any atom is -0.359 e. The first kappa shape index (κ1) is 18.4. The van der Waals surface area contributed by atoms with Gasteiger partial charge in [0.2, 0.25) is 10.0 Å². The van der Waals surface area contributed by atoms with Crippen LogP contribution in [0.3, 0.4) is 0 Å². The monoisotopic (exact) mass is 417 g/mol. The predicted molar refractivity (Wildman–Crippen MR) is 100 cm³/mol. The molecule has 1 fully saturated rings. The van der Waals surface area contributed by atoms with Crippen molar-refractivity contribution < 1.29 is 8.42 Å². The first-order valence-corrected chi connectivity index (χ1v) is 9.90. The van der Waals surface area contributed by atoms with Crippen molar-refractivity contribution in [2.24, 2.45) is 0 Å². The second kappa shape index (κ2) is 7.74. The molecule has 1 aliphatic heterocycles. The normalized spacial score (nSPS) is 16.2. The van der Waals surface area contributed by atoms with Crippen molar-refractivity contribution in [1.29, 1.82) is 0 Å². The number of benzene rings is 1. The molecule has 0 amide bonds. The van der Waals surface area contributed by atoms with Gasteiger partial charge in [-0.25, -0.2) is 8.42 Å². The maximum absolute atomic E-state index is 12.7. The van der Waals surface area contributed by atoms with Crippen molar-refractivity contribution in [3.05, 3.63) is 40.9 Å². The highest BCUT2D eigenvalue weighted by Crippen LogP contribution is 2.23. The van der Waals surface area contributed by atoms with E-state index in [0.717, 1.165) is 10.0 Å². The largest absolute Gasteiger partial charge is 0.359 e. The third-order valence-corrected chi connectivity index (χ3v) is 6.88. The number of hydrogen-bond donors (Lipinski definition) is 1. The standard InChI is InChI=1S/C15H20BrN3O2S2/c1-3-6-17-15(22)18-7-9-19(10-8-18)23(20,21)13-4-5-14(16)12(2)11-13/h3-5,11H,1,6-10H2,2H3,(H,17,22). The van der Waals surface area contributed by atoms with Crippen LogP contribution in [-0.4, -0.2) is 55.5 Å². The Labute approximate surface area is 151 Å². The van der Waals surface area contributed by atoms with Gasteiger partial charge in [-0.3, -0.25) is 0 Å². The number of hydrogen-bond acceptors (Lipinski definition) is 3. The van der Waals surface area contributed by atoms with E-state index in [4.69, 9.17) is 12.2 Å². The second-order valence-electron chi connectivity index (χ2n) is 5.28. The number of nitrogens with zero attached hydrogens (tertiary/aromatic N) is 2. The van der Waals surface area contributed by atoms with Crippen molar-refractivity contribution >= 4 is 43.3 Å². The van der Waals surface area contributed by atoms with Crippen LogP contribution in [0.2, 0.25) is 0 Å². The molecule has 1 saturated heterocycles. The van der Waals surface area contributed by atoms with E-state index in [9.17, 15) is 8.42 Å². The summed E-state index contributed by atoms with van der Waals surface area (Å²) in [6.07, 6.45) is 1.74. The summed E-state index contributed by atoms with van der Waals surface area (Å²) in [5.41, 5.74) is 0.902. The van der Waals surface area contributed by atoms with Crippen LogP contribution in [-0.2, 0) is 10.0 Å². The van der Waals surface area contributed by atoms with E-state index in [1.165, 1.54) is 4.31 Å². The Morgan fingerprint density at radius 1 is 1.39 bits per heavy atom. The number of piperazine rings is 1. The molecule has 0 atom stereocenters. The second-order valence-corrected chi connectivity index (χ2v) is 8.46. The number of rotatable bonds is 4. The zero-order valence-corrected chi connectivity index (χ0v) is 16.2. The maximum Gasteiger partial charge on any atom is 0.243 e. The molecule has 5 nitrogen and oxygen atoms in total. The summed E-state index contributed by atoms with van der Waals surface area (Å²) in [4.78, 5) is 2.32. The Balaban J connectivity index is 2.05. The van der Waals surface area contributed by atoms with Crippen LogP contribution in [0.25, 0.3) is 0 Å². The van der Waals surface area contributed by atoms with Crippen molar-refractivity contribution in [3.8, 4) is 0 Å². The molecule has 0 aliphatic carbocycles. The van der Waals surface area contributed by atoms with E-state index in [2.05, 4.69) is 27.8 Å². The molecule has 0 saturated carbocycles. The molecule has 23 heavy (non-hydrogen) atoms. The molecule has 1 aromatic carbocycles. The molecular weight excluding hydrogens is 398 g/mol. The molecule has 0 aromatic heterocycles. The Morgan fingerprint density at radius 3 is 2.61 bits per heavy atom. The number of thiocarbonyl (C=S) groups is 1. The Hall–Kier alpha value is -0.960. The van der Waals surface area contributed by atoms with Crippen molar-refractivity contribution in [2.75, 3.05) is 32.7 Å². The Kier molecular flexibility index (Phi) is 6.19. The molecule has 0 unspecified atom stereocenters. The molecule has 1 aliphatic rings. The van der Waals surface area contributed by atoms with Gasteiger partial charge in [0.15, 0.2) is 5.11 Å². The Morgan fingerprint density at radius 2 is 2.04 bits per heavy atom.